The second-order valence-corrected chi connectivity index (χ2v) is 5.01. The number of aromatic nitrogens is 3. The zero-order valence-corrected chi connectivity index (χ0v) is 12.5. The molecule has 0 radical (unpaired) electrons. The molecule has 0 aliphatic rings. The van der Waals surface area contributed by atoms with Gasteiger partial charge in [0.25, 0.3) is 11.5 Å². The van der Waals surface area contributed by atoms with Crippen molar-refractivity contribution in [2.45, 2.75) is 6.54 Å². The summed E-state index contributed by atoms with van der Waals surface area (Å²) in [5.74, 6) is -0.808. The Labute approximate surface area is 136 Å². The topological polar surface area (TPSA) is 76.9 Å². The van der Waals surface area contributed by atoms with Gasteiger partial charge in [0.2, 0.25) is 5.95 Å². The highest BCUT2D eigenvalue weighted by atomic mass is 19.1. The Morgan fingerprint density at radius 3 is 2.50 bits per heavy atom. The van der Waals surface area contributed by atoms with E-state index in [1.807, 2.05) is 0 Å². The fourth-order valence-electron chi connectivity index (χ4n) is 2.15. The smallest absolute Gasteiger partial charge is 0.263 e. The van der Waals surface area contributed by atoms with Crippen LogP contribution in [0.3, 0.4) is 0 Å². The maximum absolute atomic E-state index is 12.9. The molecule has 1 amide bonds. The lowest BCUT2D eigenvalue weighted by atomic mass is 10.2. The zero-order chi connectivity index (χ0) is 16.9. The summed E-state index contributed by atoms with van der Waals surface area (Å²) < 4.78 is 14.3. The minimum Gasteiger partial charge on any atom is -0.310 e. The van der Waals surface area contributed by atoms with Gasteiger partial charge in [0, 0.05) is 18.6 Å². The Balaban J connectivity index is 1.84. The molecule has 3 aromatic rings. The van der Waals surface area contributed by atoms with E-state index in [0.29, 0.717) is 0 Å². The number of anilines is 1. The number of nitrogens with zero attached hydrogens (tertiary/aromatic N) is 3. The van der Waals surface area contributed by atoms with E-state index in [1.165, 1.54) is 35.2 Å². The number of carbonyl (C=O) groups is 1. The van der Waals surface area contributed by atoms with Gasteiger partial charge in [-0.15, -0.1) is 0 Å². The van der Waals surface area contributed by atoms with Gasteiger partial charge in [-0.2, -0.15) is 0 Å². The molecule has 0 unspecified atom stereocenters. The zero-order valence-electron chi connectivity index (χ0n) is 12.5. The summed E-state index contributed by atoms with van der Waals surface area (Å²) >= 11 is 0. The first-order chi connectivity index (χ1) is 11.6. The van der Waals surface area contributed by atoms with Gasteiger partial charge in [-0.3, -0.25) is 14.9 Å². The number of pyridine rings is 1. The summed E-state index contributed by atoms with van der Waals surface area (Å²) in [6.45, 7) is 0.238. The molecule has 3 rings (SSSR count). The van der Waals surface area contributed by atoms with Crippen molar-refractivity contribution in [2.24, 2.45) is 0 Å². The first kappa shape index (κ1) is 15.5. The molecule has 0 saturated heterocycles. The molecule has 120 valence electrons. The van der Waals surface area contributed by atoms with Crippen LogP contribution in [0, 0.1) is 5.82 Å². The number of rotatable bonds is 4. The molecule has 2 aromatic heterocycles. The second-order valence-electron chi connectivity index (χ2n) is 5.01. The minimum atomic E-state index is -0.584. The molecule has 0 fully saturated rings. The lowest BCUT2D eigenvalue weighted by Crippen LogP contribution is -2.29. The van der Waals surface area contributed by atoms with Crippen molar-refractivity contribution in [1.82, 2.24) is 14.5 Å². The summed E-state index contributed by atoms with van der Waals surface area (Å²) in [6, 6.07) is 10.5. The van der Waals surface area contributed by atoms with Gasteiger partial charge in [0.15, 0.2) is 0 Å². The van der Waals surface area contributed by atoms with Gasteiger partial charge >= 0.3 is 0 Å². The third-order valence-electron chi connectivity index (χ3n) is 3.32. The van der Waals surface area contributed by atoms with Gasteiger partial charge in [0.1, 0.15) is 11.4 Å². The molecule has 0 saturated carbocycles. The molecule has 0 aliphatic heterocycles. The highest BCUT2D eigenvalue weighted by molar-refractivity contribution is 6.02. The van der Waals surface area contributed by atoms with Gasteiger partial charge in [0.05, 0.1) is 6.54 Å². The van der Waals surface area contributed by atoms with Gasteiger partial charge in [-0.05, 0) is 35.9 Å². The van der Waals surface area contributed by atoms with Crippen molar-refractivity contribution in [3.05, 3.63) is 88.4 Å². The molecule has 0 spiro atoms. The Hall–Kier alpha value is -3.35. The third kappa shape index (κ3) is 3.52. The average molecular weight is 324 g/mol. The summed E-state index contributed by atoms with van der Waals surface area (Å²) in [4.78, 5) is 32.5. The summed E-state index contributed by atoms with van der Waals surface area (Å²) in [7, 11) is 0. The number of nitrogens with one attached hydrogen (secondary N) is 1. The lowest BCUT2D eigenvalue weighted by molar-refractivity contribution is 0.102. The molecule has 0 bridgehead atoms. The van der Waals surface area contributed by atoms with E-state index in [-0.39, 0.29) is 23.9 Å². The molecular weight excluding hydrogens is 311 g/mol. The number of benzene rings is 1. The molecule has 6 nitrogen and oxygen atoms in total. The summed E-state index contributed by atoms with van der Waals surface area (Å²) in [5.41, 5.74) is 0.282. The number of amides is 1. The Morgan fingerprint density at radius 2 is 1.79 bits per heavy atom. The fourth-order valence-corrected chi connectivity index (χ4v) is 2.15. The van der Waals surface area contributed by atoms with E-state index in [0.717, 1.165) is 5.56 Å². The monoisotopic (exact) mass is 324 g/mol. The van der Waals surface area contributed by atoms with E-state index in [9.17, 15) is 14.0 Å². The van der Waals surface area contributed by atoms with Gasteiger partial charge in [-0.1, -0.05) is 12.1 Å². The van der Waals surface area contributed by atoms with Crippen LogP contribution in [0.4, 0.5) is 10.3 Å². The van der Waals surface area contributed by atoms with Crippen LogP contribution >= 0.6 is 0 Å². The second kappa shape index (κ2) is 6.82. The van der Waals surface area contributed by atoms with Crippen molar-refractivity contribution in [3.63, 3.8) is 0 Å². The van der Waals surface area contributed by atoms with Crippen molar-refractivity contribution < 1.29 is 9.18 Å². The maximum atomic E-state index is 12.9. The van der Waals surface area contributed by atoms with Crippen LogP contribution in [-0.2, 0) is 6.54 Å². The molecule has 0 atom stereocenters. The van der Waals surface area contributed by atoms with E-state index in [4.69, 9.17) is 0 Å². The van der Waals surface area contributed by atoms with Gasteiger partial charge in [-0.25, -0.2) is 14.4 Å². The first-order valence-corrected chi connectivity index (χ1v) is 7.16. The van der Waals surface area contributed by atoms with Crippen molar-refractivity contribution in [2.75, 3.05) is 5.32 Å². The van der Waals surface area contributed by atoms with Gasteiger partial charge < -0.3 is 4.57 Å². The normalized spacial score (nSPS) is 10.4. The number of hydrogen-bond donors (Lipinski definition) is 1. The molecule has 0 aliphatic carbocycles. The molecule has 1 N–H and O–H groups in total. The van der Waals surface area contributed by atoms with E-state index < -0.39 is 11.5 Å². The number of halogens is 1. The minimum absolute atomic E-state index is 0.0212. The van der Waals surface area contributed by atoms with Crippen LogP contribution in [0.1, 0.15) is 15.9 Å². The maximum Gasteiger partial charge on any atom is 0.263 e. The Kier molecular flexibility index (Phi) is 4.42. The van der Waals surface area contributed by atoms with E-state index in [1.54, 1.807) is 30.5 Å². The predicted octanol–water partition coefficient (Wildman–Crippen LogP) is 2.08. The third-order valence-corrected chi connectivity index (χ3v) is 3.32. The number of carbonyl (C=O) groups excluding carboxylic acids is 1. The highest BCUT2D eigenvalue weighted by Crippen LogP contribution is 2.05. The van der Waals surface area contributed by atoms with Crippen LogP contribution in [0.2, 0.25) is 0 Å². The van der Waals surface area contributed by atoms with E-state index in [2.05, 4.69) is 15.3 Å². The fraction of sp³-hybridized carbons (Fsp3) is 0.0588. The Morgan fingerprint density at radius 1 is 1.08 bits per heavy atom. The van der Waals surface area contributed by atoms with Crippen molar-refractivity contribution in [3.8, 4) is 0 Å². The lowest BCUT2D eigenvalue weighted by Gasteiger charge is -2.08. The first-order valence-electron chi connectivity index (χ1n) is 7.16. The van der Waals surface area contributed by atoms with Crippen LogP contribution in [0.25, 0.3) is 0 Å². The molecule has 7 heteroatoms. The SMILES string of the molecule is O=C(Nc1ncccn1)c1cccn(Cc2ccc(F)cc2)c1=O. The average Bonchev–Trinajstić information content (AvgIpc) is 2.59. The molecule has 2 heterocycles. The molecular formula is C17H13FN4O2. The summed E-state index contributed by atoms with van der Waals surface area (Å²) in [5, 5.41) is 2.47. The quantitative estimate of drug-likeness (QED) is 0.797. The van der Waals surface area contributed by atoms with Crippen LogP contribution in [0.5, 0.6) is 0 Å². The summed E-state index contributed by atoms with van der Waals surface area (Å²) in [6.07, 6.45) is 4.54. The van der Waals surface area contributed by atoms with Crippen molar-refractivity contribution >= 4 is 11.9 Å². The highest BCUT2D eigenvalue weighted by Gasteiger charge is 2.13. The van der Waals surface area contributed by atoms with Crippen LogP contribution < -0.4 is 10.9 Å². The van der Waals surface area contributed by atoms with E-state index >= 15 is 0 Å². The number of hydrogen-bond acceptors (Lipinski definition) is 4. The molecule has 1 aromatic carbocycles. The van der Waals surface area contributed by atoms with Crippen LogP contribution in [-0.4, -0.2) is 20.4 Å². The largest absolute Gasteiger partial charge is 0.310 e. The predicted molar refractivity (Wildman–Crippen MR) is 86.2 cm³/mol. The standard InChI is InChI=1S/C17H13FN4O2/c18-13-6-4-12(5-7-13)11-22-10-1-3-14(16(22)24)15(23)21-17-19-8-2-9-20-17/h1-10H,11H2,(H,19,20,21,23). The van der Waals surface area contributed by atoms with Crippen molar-refractivity contribution in [1.29, 1.82) is 0 Å². The Bertz CT molecular complexity index is 908. The van der Waals surface area contributed by atoms with Crippen LogP contribution in [0.15, 0.2) is 65.8 Å². The molecule has 24 heavy (non-hydrogen) atoms.